The number of rotatable bonds is 5. The molecule has 2 amide bonds. The van der Waals surface area contributed by atoms with Gasteiger partial charge in [-0.05, 0) is 42.7 Å². The van der Waals surface area contributed by atoms with Crippen LogP contribution >= 0.6 is 0 Å². The summed E-state index contributed by atoms with van der Waals surface area (Å²) in [7, 11) is 0. The molecular formula is C20H23N3O3. The standard InChI is InChI=1S/C20H23N3O3/c1-14-10-16-4-2-3-5-17(16)23(14)9-8-21-20(24)22-12-15-6-7-18-19(11-15)26-13-25-18/h2-7,11,14H,8-10,12-13H2,1H3,(H2,21,22,24). The van der Waals surface area contributed by atoms with Gasteiger partial charge in [-0.2, -0.15) is 0 Å². The van der Waals surface area contributed by atoms with Crippen LogP contribution in [0, 0.1) is 0 Å². The first-order chi connectivity index (χ1) is 12.7. The van der Waals surface area contributed by atoms with Gasteiger partial charge in [-0.3, -0.25) is 0 Å². The third kappa shape index (κ3) is 3.40. The second kappa shape index (κ2) is 7.15. The van der Waals surface area contributed by atoms with Crippen LogP contribution in [0.1, 0.15) is 18.1 Å². The molecule has 26 heavy (non-hydrogen) atoms. The number of carbonyl (C=O) groups excluding carboxylic acids is 1. The summed E-state index contributed by atoms with van der Waals surface area (Å²) in [5.74, 6) is 1.48. The third-order valence-electron chi connectivity index (χ3n) is 4.88. The Hall–Kier alpha value is -2.89. The second-order valence-electron chi connectivity index (χ2n) is 6.67. The molecule has 0 radical (unpaired) electrons. The number of ether oxygens (including phenoxy) is 2. The number of hydrogen-bond acceptors (Lipinski definition) is 4. The molecule has 2 aromatic rings. The smallest absolute Gasteiger partial charge is 0.315 e. The molecule has 0 aromatic heterocycles. The number of carbonyl (C=O) groups is 1. The van der Waals surface area contributed by atoms with Crippen LogP contribution in [0.15, 0.2) is 42.5 Å². The van der Waals surface area contributed by atoms with E-state index in [1.165, 1.54) is 11.3 Å². The molecule has 0 bridgehead atoms. The van der Waals surface area contributed by atoms with Gasteiger partial charge >= 0.3 is 6.03 Å². The Balaban J connectivity index is 1.23. The van der Waals surface area contributed by atoms with Crippen molar-refractivity contribution in [1.29, 1.82) is 0 Å². The average Bonchev–Trinajstić information content (AvgIpc) is 3.24. The van der Waals surface area contributed by atoms with Gasteiger partial charge < -0.3 is 25.0 Å². The van der Waals surface area contributed by atoms with E-state index in [9.17, 15) is 4.79 Å². The van der Waals surface area contributed by atoms with Gasteiger partial charge in [0.2, 0.25) is 6.79 Å². The zero-order chi connectivity index (χ0) is 17.9. The number of hydrogen-bond donors (Lipinski definition) is 2. The third-order valence-corrected chi connectivity index (χ3v) is 4.88. The van der Waals surface area contributed by atoms with Gasteiger partial charge in [-0.1, -0.05) is 24.3 Å². The summed E-state index contributed by atoms with van der Waals surface area (Å²) < 4.78 is 10.6. The molecule has 0 spiro atoms. The number of nitrogens with zero attached hydrogens (tertiary/aromatic N) is 1. The fourth-order valence-corrected chi connectivity index (χ4v) is 3.56. The average molecular weight is 353 g/mol. The highest BCUT2D eigenvalue weighted by molar-refractivity contribution is 5.74. The maximum absolute atomic E-state index is 12.1. The van der Waals surface area contributed by atoms with Gasteiger partial charge in [0.05, 0.1) is 0 Å². The van der Waals surface area contributed by atoms with Crippen LogP contribution in [-0.2, 0) is 13.0 Å². The molecule has 2 aromatic carbocycles. The van der Waals surface area contributed by atoms with E-state index in [0.29, 0.717) is 19.1 Å². The summed E-state index contributed by atoms with van der Waals surface area (Å²) >= 11 is 0. The first-order valence-electron chi connectivity index (χ1n) is 8.95. The molecule has 2 aliphatic heterocycles. The first-order valence-corrected chi connectivity index (χ1v) is 8.95. The van der Waals surface area contributed by atoms with Crippen molar-refractivity contribution in [2.75, 3.05) is 24.8 Å². The van der Waals surface area contributed by atoms with Crippen molar-refractivity contribution in [1.82, 2.24) is 10.6 Å². The second-order valence-corrected chi connectivity index (χ2v) is 6.67. The molecule has 1 unspecified atom stereocenters. The van der Waals surface area contributed by atoms with Crippen LogP contribution in [0.25, 0.3) is 0 Å². The lowest BCUT2D eigenvalue weighted by atomic mass is 10.1. The van der Waals surface area contributed by atoms with E-state index in [-0.39, 0.29) is 12.8 Å². The predicted molar refractivity (Wildman–Crippen MR) is 99.8 cm³/mol. The molecule has 4 rings (SSSR count). The zero-order valence-electron chi connectivity index (χ0n) is 14.8. The minimum absolute atomic E-state index is 0.164. The summed E-state index contributed by atoms with van der Waals surface area (Å²) in [5.41, 5.74) is 3.64. The number of para-hydroxylation sites is 1. The maximum atomic E-state index is 12.1. The molecule has 2 aliphatic rings. The normalized spacial score (nSPS) is 17.1. The van der Waals surface area contributed by atoms with Crippen LogP contribution in [0.2, 0.25) is 0 Å². The molecule has 2 heterocycles. The van der Waals surface area contributed by atoms with Gasteiger partial charge in [0.15, 0.2) is 11.5 Å². The summed E-state index contributed by atoms with van der Waals surface area (Å²) in [6.45, 7) is 4.33. The number of urea groups is 1. The quantitative estimate of drug-likeness (QED) is 0.868. The van der Waals surface area contributed by atoms with Gasteiger partial charge in [-0.15, -0.1) is 0 Å². The lowest BCUT2D eigenvalue weighted by molar-refractivity contribution is 0.174. The highest BCUT2D eigenvalue weighted by atomic mass is 16.7. The molecule has 136 valence electrons. The topological polar surface area (TPSA) is 62.8 Å². The highest BCUT2D eigenvalue weighted by Gasteiger charge is 2.24. The fraction of sp³-hybridized carbons (Fsp3) is 0.350. The Morgan fingerprint density at radius 1 is 1.15 bits per heavy atom. The van der Waals surface area contributed by atoms with Crippen molar-refractivity contribution < 1.29 is 14.3 Å². The van der Waals surface area contributed by atoms with Crippen molar-refractivity contribution in [2.45, 2.75) is 25.9 Å². The number of amides is 2. The highest BCUT2D eigenvalue weighted by Crippen LogP contribution is 2.32. The van der Waals surface area contributed by atoms with E-state index in [2.05, 4.69) is 46.7 Å². The van der Waals surface area contributed by atoms with Crippen LogP contribution in [0.3, 0.4) is 0 Å². The summed E-state index contributed by atoms with van der Waals surface area (Å²) in [5, 5.41) is 5.82. The minimum atomic E-state index is -0.164. The van der Waals surface area contributed by atoms with Crippen LogP contribution in [-0.4, -0.2) is 32.0 Å². The summed E-state index contributed by atoms with van der Waals surface area (Å²) in [6.07, 6.45) is 1.06. The lowest BCUT2D eigenvalue weighted by Gasteiger charge is -2.25. The van der Waals surface area contributed by atoms with Crippen LogP contribution < -0.4 is 25.0 Å². The molecule has 2 N–H and O–H groups in total. The van der Waals surface area contributed by atoms with Crippen molar-refractivity contribution in [2.24, 2.45) is 0 Å². The number of fused-ring (bicyclic) bond motifs is 2. The number of benzene rings is 2. The van der Waals surface area contributed by atoms with E-state index in [4.69, 9.17) is 9.47 Å². The largest absolute Gasteiger partial charge is 0.454 e. The molecule has 0 fully saturated rings. The van der Waals surface area contributed by atoms with Crippen molar-refractivity contribution in [3.8, 4) is 11.5 Å². The predicted octanol–water partition coefficient (Wildman–Crippen LogP) is 2.67. The molecule has 6 nitrogen and oxygen atoms in total. The van der Waals surface area contributed by atoms with E-state index in [1.54, 1.807) is 0 Å². The van der Waals surface area contributed by atoms with Gasteiger partial charge in [0.1, 0.15) is 0 Å². The zero-order valence-corrected chi connectivity index (χ0v) is 14.8. The van der Waals surface area contributed by atoms with E-state index in [0.717, 1.165) is 30.0 Å². The van der Waals surface area contributed by atoms with Crippen molar-refractivity contribution in [3.63, 3.8) is 0 Å². The van der Waals surface area contributed by atoms with E-state index >= 15 is 0 Å². The SMILES string of the molecule is CC1Cc2ccccc2N1CCNC(=O)NCc1ccc2c(c1)OCO2. The van der Waals surface area contributed by atoms with E-state index in [1.807, 2.05) is 18.2 Å². The number of anilines is 1. The van der Waals surface area contributed by atoms with Crippen molar-refractivity contribution >= 4 is 11.7 Å². The fourth-order valence-electron chi connectivity index (χ4n) is 3.56. The molecule has 6 heteroatoms. The minimum Gasteiger partial charge on any atom is -0.454 e. The Kier molecular flexibility index (Phi) is 4.56. The Bertz CT molecular complexity index is 809. The molecular weight excluding hydrogens is 330 g/mol. The Morgan fingerprint density at radius 3 is 2.92 bits per heavy atom. The molecule has 1 atom stereocenters. The van der Waals surface area contributed by atoms with Gasteiger partial charge in [0.25, 0.3) is 0 Å². The van der Waals surface area contributed by atoms with Gasteiger partial charge in [0, 0.05) is 31.4 Å². The van der Waals surface area contributed by atoms with Crippen LogP contribution in [0.5, 0.6) is 11.5 Å². The van der Waals surface area contributed by atoms with Gasteiger partial charge in [-0.25, -0.2) is 4.79 Å². The monoisotopic (exact) mass is 353 g/mol. The van der Waals surface area contributed by atoms with E-state index < -0.39 is 0 Å². The lowest BCUT2D eigenvalue weighted by Crippen LogP contribution is -2.41. The Morgan fingerprint density at radius 2 is 2.00 bits per heavy atom. The summed E-state index contributed by atoms with van der Waals surface area (Å²) in [6, 6.07) is 14.5. The molecule has 0 aliphatic carbocycles. The first kappa shape index (κ1) is 16.6. The Labute approximate surface area is 153 Å². The molecule has 0 saturated heterocycles. The molecule has 0 saturated carbocycles. The van der Waals surface area contributed by atoms with Crippen LogP contribution in [0.4, 0.5) is 10.5 Å². The van der Waals surface area contributed by atoms with Crippen molar-refractivity contribution in [3.05, 3.63) is 53.6 Å². The number of nitrogens with one attached hydrogen (secondary N) is 2. The summed E-state index contributed by atoms with van der Waals surface area (Å²) in [4.78, 5) is 14.4. The maximum Gasteiger partial charge on any atom is 0.315 e.